The standard InChI is InChI=1S/C22H24N4O2S/c1-14(2)11-19-25-26-22(29-19)21(28)24-18-9-7-17(8-10-18)20(27)23-13-16-6-4-5-15(3)12-16/h4-10,12,14H,11,13H2,1-3H3,(H,23,27)(H,24,28). The van der Waals surface area contributed by atoms with Gasteiger partial charge in [0.15, 0.2) is 0 Å². The van der Waals surface area contributed by atoms with Gasteiger partial charge in [-0.25, -0.2) is 0 Å². The Morgan fingerprint density at radius 2 is 1.79 bits per heavy atom. The first-order valence-electron chi connectivity index (χ1n) is 9.48. The third-order valence-corrected chi connectivity index (χ3v) is 5.13. The van der Waals surface area contributed by atoms with Gasteiger partial charge in [0.1, 0.15) is 5.01 Å². The fraction of sp³-hybridized carbons (Fsp3) is 0.273. The normalized spacial score (nSPS) is 10.8. The molecule has 0 aliphatic rings. The molecule has 0 aliphatic carbocycles. The van der Waals surface area contributed by atoms with E-state index < -0.39 is 0 Å². The molecule has 0 fully saturated rings. The van der Waals surface area contributed by atoms with Crippen molar-refractivity contribution >= 4 is 28.8 Å². The molecule has 0 spiro atoms. The number of aryl methyl sites for hydroxylation is 1. The largest absolute Gasteiger partial charge is 0.348 e. The van der Waals surface area contributed by atoms with Gasteiger partial charge in [-0.15, -0.1) is 10.2 Å². The van der Waals surface area contributed by atoms with Crippen molar-refractivity contribution in [1.82, 2.24) is 15.5 Å². The topological polar surface area (TPSA) is 84.0 Å². The zero-order chi connectivity index (χ0) is 20.8. The van der Waals surface area contributed by atoms with Crippen LogP contribution in [0.3, 0.4) is 0 Å². The first-order chi connectivity index (χ1) is 13.9. The second-order valence-electron chi connectivity index (χ2n) is 7.30. The molecule has 6 nitrogen and oxygen atoms in total. The van der Waals surface area contributed by atoms with Gasteiger partial charge in [-0.05, 0) is 42.7 Å². The van der Waals surface area contributed by atoms with Crippen LogP contribution in [0.15, 0.2) is 48.5 Å². The van der Waals surface area contributed by atoms with Crippen LogP contribution < -0.4 is 10.6 Å². The third-order valence-electron chi connectivity index (χ3n) is 4.18. The summed E-state index contributed by atoms with van der Waals surface area (Å²) >= 11 is 1.30. The van der Waals surface area contributed by atoms with Crippen molar-refractivity contribution in [2.75, 3.05) is 5.32 Å². The number of carbonyl (C=O) groups is 2. The van der Waals surface area contributed by atoms with Gasteiger partial charge < -0.3 is 10.6 Å². The molecule has 0 saturated heterocycles. The van der Waals surface area contributed by atoms with Gasteiger partial charge in [0.05, 0.1) is 0 Å². The van der Waals surface area contributed by atoms with E-state index in [2.05, 4.69) is 34.7 Å². The molecule has 0 saturated carbocycles. The van der Waals surface area contributed by atoms with E-state index in [4.69, 9.17) is 0 Å². The lowest BCUT2D eigenvalue weighted by Crippen LogP contribution is -2.22. The number of carbonyl (C=O) groups excluding carboxylic acids is 2. The van der Waals surface area contributed by atoms with Crippen LogP contribution in [0.4, 0.5) is 5.69 Å². The van der Waals surface area contributed by atoms with Gasteiger partial charge in [0, 0.05) is 24.2 Å². The highest BCUT2D eigenvalue weighted by atomic mass is 32.1. The maximum Gasteiger partial charge on any atom is 0.286 e. The zero-order valence-electron chi connectivity index (χ0n) is 16.7. The average Bonchev–Trinajstić information content (AvgIpc) is 3.15. The highest BCUT2D eigenvalue weighted by Crippen LogP contribution is 2.17. The summed E-state index contributed by atoms with van der Waals surface area (Å²) in [5, 5.41) is 14.9. The van der Waals surface area contributed by atoms with Crippen molar-refractivity contribution < 1.29 is 9.59 Å². The van der Waals surface area contributed by atoms with Crippen LogP contribution in [0, 0.1) is 12.8 Å². The van der Waals surface area contributed by atoms with E-state index in [1.807, 2.05) is 31.2 Å². The van der Waals surface area contributed by atoms with E-state index in [0.29, 0.717) is 28.7 Å². The maximum atomic E-state index is 12.3. The van der Waals surface area contributed by atoms with Crippen LogP contribution >= 0.6 is 11.3 Å². The molecule has 3 aromatic rings. The molecule has 2 aromatic carbocycles. The Balaban J connectivity index is 1.55. The minimum absolute atomic E-state index is 0.160. The van der Waals surface area contributed by atoms with E-state index >= 15 is 0 Å². The predicted molar refractivity (Wildman–Crippen MR) is 115 cm³/mol. The van der Waals surface area contributed by atoms with Crippen LogP contribution in [0.5, 0.6) is 0 Å². The van der Waals surface area contributed by atoms with Crippen LogP contribution in [-0.2, 0) is 13.0 Å². The predicted octanol–water partition coefficient (Wildman–Crippen LogP) is 4.23. The number of benzene rings is 2. The first-order valence-corrected chi connectivity index (χ1v) is 10.3. The van der Waals surface area contributed by atoms with Crippen LogP contribution in [0.1, 0.15) is 50.1 Å². The summed E-state index contributed by atoms with van der Waals surface area (Å²) < 4.78 is 0. The van der Waals surface area contributed by atoms with E-state index in [1.54, 1.807) is 24.3 Å². The number of nitrogens with one attached hydrogen (secondary N) is 2. The van der Waals surface area contributed by atoms with Crippen molar-refractivity contribution in [2.45, 2.75) is 33.7 Å². The average molecular weight is 409 g/mol. The Morgan fingerprint density at radius 1 is 1.03 bits per heavy atom. The van der Waals surface area contributed by atoms with Crippen LogP contribution in [0.2, 0.25) is 0 Å². The van der Waals surface area contributed by atoms with Gasteiger partial charge >= 0.3 is 0 Å². The molecule has 2 amide bonds. The highest BCUT2D eigenvalue weighted by Gasteiger charge is 2.14. The van der Waals surface area contributed by atoms with Crippen molar-refractivity contribution in [1.29, 1.82) is 0 Å². The van der Waals surface area contributed by atoms with E-state index in [-0.39, 0.29) is 11.8 Å². The van der Waals surface area contributed by atoms with Crippen molar-refractivity contribution in [3.8, 4) is 0 Å². The molecule has 0 aliphatic heterocycles. The number of amides is 2. The Hall–Kier alpha value is -3.06. The fourth-order valence-electron chi connectivity index (χ4n) is 2.77. The van der Waals surface area contributed by atoms with Crippen molar-refractivity contribution in [2.24, 2.45) is 5.92 Å². The maximum absolute atomic E-state index is 12.3. The molecule has 29 heavy (non-hydrogen) atoms. The van der Waals surface area contributed by atoms with E-state index in [0.717, 1.165) is 22.6 Å². The number of rotatable bonds is 7. The number of nitrogens with zero attached hydrogens (tertiary/aromatic N) is 2. The monoisotopic (exact) mass is 408 g/mol. The molecular weight excluding hydrogens is 384 g/mol. The molecule has 0 atom stereocenters. The van der Waals surface area contributed by atoms with Crippen LogP contribution in [-0.4, -0.2) is 22.0 Å². The summed E-state index contributed by atoms with van der Waals surface area (Å²) in [6, 6.07) is 14.8. The summed E-state index contributed by atoms with van der Waals surface area (Å²) in [6.45, 7) is 6.68. The fourth-order valence-corrected chi connectivity index (χ4v) is 3.72. The van der Waals surface area contributed by atoms with Gasteiger partial charge in [0.25, 0.3) is 11.8 Å². The molecule has 0 radical (unpaired) electrons. The molecule has 7 heteroatoms. The van der Waals surface area contributed by atoms with Crippen LogP contribution in [0.25, 0.3) is 0 Å². The van der Waals surface area contributed by atoms with Crippen molar-refractivity contribution in [3.05, 3.63) is 75.2 Å². The Bertz CT molecular complexity index is 996. The molecule has 1 aromatic heterocycles. The smallest absolute Gasteiger partial charge is 0.286 e. The molecular formula is C22H24N4O2S. The summed E-state index contributed by atoms with van der Waals surface area (Å²) in [5.74, 6) is 0.00412. The first kappa shape index (κ1) is 20.7. The second-order valence-corrected chi connectivity index (χ2v) is 8.36. The Morgan fingerprint density at radius 3 is 2.48 bits per heavy atom. The van der Waals surface area contributed by atoms with Crippen molar-refractivity contribution in [3.63, 3.8) is 0 Å². The Labute approximate surface area is 174 Å². The second kappa shape index (κ2) is 9.43. The SMILES string of the molecule is Cc1cccc(CNC(=O)c2ccc(NC(=O)c3nnc(CC(C)C)s3)cc2)c1. The van der Waals surface area contributed by atoms with Gasteiger partial charge in [-0.2, -0.15) is 0 Å². The minimum atomic E-state index is -0.297. The lowest BCUT2D eigenvalue weighted by molar-refractivity contribution is 0.0950. The minimum Gasteiger partial charge on any atom is -0.348 e. The lowest BCUT2D eigenvalue weighted by atomic mass is 10.1. The number of aromatic nitrogens is 2. The van der Waals surface area contributed by atoms with E-state index in [9.17, 15) is 9.59 Å². The molecule has 0 unspecified atom stereocenters. The lowest BCUT2D eigenvalue weighted by Gasteiger charge is -2.07. The summed E-state index contributed by atoms with van der Waals surface area (Å²) in [4.78, 5) is 24.7. The van der Waals surface area contributed by atoms with Gasteiger partial charge in [-0.3, -0.25) is 9.59 Å². The number of hydrogen-bond acceptors (Lipinski definition) is 5. The Kier molecular flexibility index (Phi) is 6.72. The summed E-state index contributed by atoms with van der Waals surface area (Å²) in [6.07, 6.45) is 0.803. The van der Waals surface area contributed by atoms with E-state index in [1.165, 1.54) is 11.3 Å². The summed E-state index contributed by atoms with van der Waals surface area (Å²) in [5.41, 5.74) is 3.34. The quantitative estimate of drug-likeness (QED) is 0.613. The number of hydrogen-bond donors (Lipinski definition) is 2. The highest BCUT2D eigenvalue weighted by molar-refractivity contribution is 7.13. The molecule has 150 valence electrons. The molecule has 3 rings (SSSR count). The van der Waals surface area contributed by atoms with Gasteiger partial charge in [0.2, 0.25) is 5.01 Å². The molecule has 0 bridgehead atoms. The molecule has 2 N–H and O–H groups in total. The third kappa shape index (κ3) is 5.96. The number of anilines is 1. The van der Waals surface area contributed by atoms with Gasteiger partial charge in [-0.1, -0.05) is 55.0 Å². The molecule has 1 heterocycles. The summed E-state index contributed by atoms with van der Waals surface area (Å²) in [7, 11) is 0. The zero-order valence-corrected chi connectivity index (χ0v) is 17.5.